The lowest BCUT2D eigenvalue weighted by Gasteiger charge is -2.10. The summed E-state index contributed by atoms with van der Waals surface area (Å²) in [4.78, 5) is 1.37. The van der Waals surface area contributed by atoms with Gasteiger partial charge in [-0.05, 0) is 54.6 Å². The van der Waals surface area contributed by atoms with E-state index in [-0.39, 0.29) is 0 Å². The van der Waals surface area contributed by atoms with Gasteiger partial charge in [0.05, 0.1) is 0 Å². The molecule has 0 bridgehead atoms. The molecule has 102 valence electrons. The van der Waals surface area contributed by atoms with Crippen LogP contribution < -0.4 is 5.32 Å². The first-order valence-electron chi connectivity index (χ1n) is 6.38. The number of benzene rings is 1. The van der Waals surface area contributed by atoms with Crippen LogP contribution in [-0.4, -0.2) is 10.2 Å². The maximum atomic E-state index is 5.21. The van der Waals surface area contributed by atoms with Gasteiger partial charge in [-0.15, -0.1) is 21.5 Å². The Kier molecular flexibility index (Phi) is 3.52. The van der Waals surface area contributed by atoms with E-state index in [1.165, 1.54) is 16.8 Å². The first-order valence-corrected chi connectivity index (χ1v) is 7.26. The van der Waals surface area contributed by atoms with Gasteiger partial charge in [0.2, 0.25) is 12.3 Å². The van der Waals surface area contributed by atoms with Gasteiger partial charge in [0.1, 0.15) is 0 Å². The van der Waals surface area contributed by atoms with Gasteiger partial charge in [-0.1, -0.05) is 0 Å². The van der Waals surface area contributed by atoms with Gasteiger partial charge in [0.15, 0.2) is 0 Å². The lowest BCUT2D eigenvalue weighted by atomic mass is 10.1. The molecule has 0 saturated carbocycles. The minimum Gasteiger partial charge on any atom is -0.423 e. The second kappa shape index (κ2) is 5.46. The van der Waals surface area contributed by atoms with Crippen LogP contribution in [0.1, 0.15) is 16.0 Å². The summed E-state index contributed by atoms with van der Waals surface area (Å²) in [5, 5.41) is 13.2. The SMILES string of the molecule is Cc1cc(-c2nnco2)ccc1NCc1sccc1C. The molecule has 20 heavy (non-hydrogen) atoms. The number of rotatable bonds is 4. The Balaban J connectivity index is 1.76. The topological polar surface area (TPSA) is 51.0 Å². The standard InChI is InChI=1S/C15H15N3OS/c1-10-5-6-20-14(10)8-16-13-4-3-12(7-11(13)2)15-18-17-9-19-15/h3-7,9,16H,8H2,1-2H3. The van der Waals surface area contributed by atoms with Crippen molar-refractivity contribution in [1.29, 1.82) is 0 Å². The van der Waals surface area contributed by atoms with E-state index in [4.69, 9.17) is 4.42 Å². The van der Waals surface area contributed by atoms with Gasteiger partial charge in [-0.2, -0.15) is 0 Å². The summed E-state index contributed by atoms with van der Waals surface area (Å²) in [6, 6.07) is 8.24. The zero-order valence-corrected chi connectivity index (χ0v) is 12.2. The summed E-state index contributed by atoms with van der Waals surface area (Å²) < 4.78 is 5.21. The van der Waals surface area contributed by atoms with Gasteiger partial charge >= 0.3 is 0 Å². The first kappa shape index (κ1) is 12.9. The quantitative estimate of drug-likeness (QED) is 0.786. The van der Waals surface area contributed by atoms with Gasteiger partial charge < -0.3 is 9.73 Å². The Morgan fingerprint density at radius 3 is 2.75 bits per heavy atom. The third-order valence-corrected chi connectivity index (χ3v) is 4.26. The van der Waals surface area contributed by atoms with Gasteiger partial charge in [-0.3, -0.25) is 0 Å². The van der Waals surface area contributed by atoms with Crippen molar-refractivity contribution in [3.63, 3.8) is 0 Å². The zero-order chi connectivity index (χ0) is 13.9. The van der Waals surface area contributed by atoms with E-state index in [0.29, 0.717) is 5.89 Å². The fourth-order valence-corrected chi connectivity index (χ4v) is 2.90. The number of thiophene rings is 1. The van der Waals surface area contributed by atoms with Crippen molar-refractivity contribution in [2.45, 2.75) is 20.4 Å². The fraction of sp³-hybridized carbons (Fsp3) is 0.200. The molecule has 0 radical (unpaired) electrons. The molecule has 0 fully saturated rings. The third-order valence-electron chi connectivity index (χ3n) is 3.24. The molecule has 1 aromatic carbocycles. The number of aromatic nitrogens is 2. The van der Waals surface area contributed by atoms with Crippen LogP contribution >= 0.6 is 11.3 Å². The summed E-state index contributed by atoms with van der Waals surface area (Å²) in [6.07, 6.45) is 1.34. The minimum atomic E-state index is 0.550. The second-order valence-corrected chi connectivity index (χ2v) is 5.65. The van der Waals surface area contributed by atoms with E-state index >= 15 is 0 Å². The van der Waals surface area contributed by atoms with Gasteiger partial charge in [0, 0.05) is 22.7 Å². The Morgan fingerprint density at radius 1 is 1.20 bits per heavy atom. The molecule has 0 atom stereocenters. The molecule has 0 amide bonds. The van der Waals surface area contributed by atoms with Crippen LogP contribution in [0, 0.1) is 13.8 Å². The highest BCUT2D eigenvalue weighted by Crippen LogP contribution is 2.24. The van der Waals surface area contributed by atoms with Crippen molar-refractivity contribution >= 4 is 17.0 Å². The van der Waals surface area contributed by atoms with Crippen LogP contribution in [0.3, 0.4) is 0 Å². The largest absolute Gasteiger partial charge is 0.423 e. The molecule has 5 heteroatoms. The third kappa shape index (κ3) is 2.58. The predicted octanol–water partition coefficient (Wildman–Crippen LogP) is 4.03. The van der Waals surface area contributed by atoms with Crippen LogP contribution in [-0.2, 0) is 6.54 Å². The summed E-state index contributed by atoms with van der Waals surface area (Å²) in [7, 11) is 0. The van der Waals surface area contributed by atoms with E-state index in [1.54, 1.807) is 11.3 Å². The molecule has 0 spiro atoms. The number of aryl methyl sites for hydroxylation is 2. The average Bonchev–Trinajstić information content (AvgIpc) is 3.09. The van der Waals surface area contributed by atoms with Crippen molar-refractivity contribution in [2.24, 2.45) is 0 Å². The lowest BCUT2D eigenvalue weighted by Crippen LogP contribution is -2.00. The van der Waals surface area contributed by atoms with Crippen molar-refractivity contribution in [3.05, 3.63) is 52.0 Å². The van der Waals surface area contributed by atoms with E-state index in [2.05, 4.69) is 52.9 Å². The summed E-state index contributed by atoms with van der Waals surface area (Å²) in [5.41, 5.74) is 4.57. The van der Waals surface area contributed by atoms with Crippen LogP contribution in [0.4, 0.5) is 5.69 Å². The molecule has 0 unspecified atom stereocenters. The molecule has 4 nitrogen and oxygen atoms in total. The van der Waals surface area contributed by atoms with E-state index in [1.807, 2.05) is 6.07 Å². The van der Waals surface area contributed by atoms with Gasteiger partial charge in [-0.25, -0.2) is 0 Å². The fourth-order valence-electron chi connectivity index (χ4n) is 2.05. The Morgan fingerprint density at radius 2 is 2.10 bits per heavy atom. The highest BCUT2D eigenvalue weighted by molar-refractivity contribution is 7.10. The molecular formula is C15H15N3OS. The molecule has 3 aromatic rings. The van der Waals surface area contributed by atoms with Crippen LogP contribution in [0.25, 0.3) is 11.5 Å². The molecule has 3 rings (SSSR count). The summed E-state index contributed by atoms with van der Waals surface area (Å²) >= 11 is 1.78. The molecule has 0 aliphatic rings. The van der Waals surface area contributed by atoms with Crippen molar-refractivity contribution in [1.82, 2.24) is 10.2 Å². The zero-order valence-electron chi connectivity index (χ0n) is 11.4. The molecule has 0 aliphatic carbocycles. The maximum absolute atomic E-state index is 5.21. The number of nitrogens with one attached hydrogen (secondary N) is 1. The molecule has 0 aliphatic heterocycles. The van der Waals surface area contributed by atoms with E-state index < -0.39 is 0 Å². The average molecular weight is 285 g/mol. The number of hydrogen-bond donors (Lipinski definition) is 1. The summed E-state index contributed by atoms with van der Waals surface area (Å²) in [5.74, 6) is 0.550. The van der Waals surface area contributed by atoms with E-state index in [9.17, 15) is 0 Å². The van der Waals surface area contributed by atoms with Crippen LogP contribution in [0.15, 0.2) is 40.5 Å². The number of nitrogens with zero attached hydrogens (tertiary/aromatic N) is 2. The monoisotopic (exact) mass is 285 g/mol. The molecule has 1 N–H and O–H groups in total. The van der Waals surface area contributed by atoms with Crippen molar-refractivity contribution < 1.29 is 4.42 Å². The predicted molar refractivity (Wildman–Crippen MR) is 80.9 cm³/mol. The lowest BCUT2D eigenvalue weighted by molar-refractivity contribution is 0.568. The van der Waals surface area contributed by atoms with Crippen molar-refractivity contribution in [3.8, 4) is 11.5 Å². The smallest absolute Gasteiger partial charge is 0.247 e. The van der Waals surface area contributed by atoms with Crippen molar-refractivity contribution in [2.75, 3.05) is 5.32 Å². The molecule has 2 heterocycles. The van der Waals surface area contributed by atoms with Crippen LogP contribution in [0.2, 0.25) is 0 Å². The summed E-state index contributed by atoms with van der Waals surface area (Å²) in [6.45, 7) is 5.06. The molecule has 2 aromatic heterocycles. The normalized spacial score (nSPS) is 10.7. The molecular weight excluding hydrogens is 270 g/mol. The van der Waals surface area contributed by atoms with E-state index in [0.717, 1.165) is 23.4 Å². The maximum Gasteiger partial charge on any atom is 0.247 e. The minimum absolute atomic E-state index is 0.550. The first-order chi connectivity index (χ1) is 9.74. The number of hydrogen-bond acceptors (Lipinski definition) is 5. The second-order valence-electron chi connectivity index (χ2n) is 4.65. The van der Waals surface area contributed by atoms with Crippen LogP contribution in [0.5, 0.6) is 0 Å². The number of anilines is 1. The highest BCUT2D eigenvalue weighted by Gasteiger charge is 2.07. The highest BCUT2D eigenvalue weighted by atomic mass is 32.1. The Hall–Kier alpha value is -2.14. The van der Waals surface area contributed by atoms with Gasteiger partial charge in [0.25, 0.3) is 0 Å². The Labute approximate surface area is 121 Å². The Bertz CT molecular complexity index is 704. The molecule has 0 saturated heterocycles.